The number of aromatic nitrogens is 2. The number of hydrogen-bond donors (Lipinski definition) is 0. The van der Waals surface area contributed by atoms with Gasteiger partial charge >= 0.3 is 13.5 Å². The Balaban J connectivity index is 2.30. The second-order valence-electron chi connectivity index (χ2n) is 4.08. The zero-order valence-electron chi connectivity index (χ0n) is 12.0. The Bertz CT molecular complexity index is 589. The molecule has 0 radical (unpaired) electrons. The van der Waals surface area contributed by atoms with Gasteiger partial charge in [0.1, 0.15) is 5.60 Å². The fraction of sp³-hybridized carbons (Fsp3) is 0.778. The molecule has 13 heteroatoms. The molecule has 126 valence electrons. The van der Waals surface area contributed by atoms with E-state index in [1.54, 1.807) is 0 Å². The lowest BCUT2D eigenvalue weighted by Crippen LogP contribution is -2.16. The highest BCUT2D eigenvalue weighted by Gasteiger charge is 2.52. The van der Waals surface area contributed by atoms with Crippen LogP contribution in [0.4, 0.5) is 0 Å². The van der Waals surface area contributed by atoms with Crippen molar-refractivity contribution >= 4 is 32.4 Å². The summed E-state index contributed by atoms with van der Waals surface area (Å²) >= 11 is 0.764. The summed E-state index contributed by atoms with van der Waals surface area (Å²) in [5.41, 5.74) is -0.743. The van der Waals surface area contributed by atoms with E-state index in [4.69, 9.17) is 17.1 Å². The summed E-state index contributed by atoms with van der Waals surface area (Å²) in [6.07, 6.45) is 1.32. The van der Waals surface area contributed by atoms with Gasteiger partial charge < -0.3 is 9.15 Å². The number of hydrogen-bond acceptors (Lipinski definition) is 11. The molecule has 0 spiro atoms. The van der Waals surface area contributed by atoms with Gasteiger partial charge in [0.05, 0.1) is 14.2 Å². The second kappa shape index (κ2) is 7.49. The number of ether oxygens (including phenoxy) is 1. The highest BCUT2D eigenvalue weighted by atomic mass is 32.2. The molecule has 0 aromatic carbocycles. The molecule has 0 atom stereocenters. The van der Waals surface area contributed by atoms with Crippen LogP contribution >= 0.6 is 32.4 Å². The van der Waals surface area contributed by atoms with Crippen LogP contribution in [0, 0.1) is 0 Å². The largest absolute Gasteiger partial charge is 0.487 e. The van der Waals surface area contributed by atoms with Crippen LogP contribution in [0.25, 0.3) is 0 Å². The van der Waals surface area contributed by atoms with Gasteiger partial charge in [0.15, 0.2) is 24.6 Å². The molecule has 0 aliphatic heterocycles. The second-order valence-corrected chi connectivity index (χ2v) is 7.52. The molecule has 0 unspecified atom stereocenters. The van der Waals surface area contributed by atoms with Gasteiger partial charge in [-0.1, -0.05) is 4.45 Å². The Morgan fingerprint density at radius 1 is 1.32 bits per heavy atom. The average Bonchev–Trinajstić information content (AvgIpc) is 3.17. The maximum Gasteiger partial charge on any atom is 0.487 e. The molecule has 0 bridgehead atoms. The van der Waals surface area contributed by atoms with Gasteiger partial charge in [-0.2, -0.15) is 7.94 Å². The Kier molecular flexibility index (Phi) is 6.14. The molecule has 10 nitrogen and oxygen atoms in total. The predicted octanol–water partition coefficient (Wildman–Crippen LogP) is 2.27. The van der Waals surface area contributed by atoms with E-state index in [-0.39, 0.29) is 5.89 Å². The van der Waals surface area contributed by atoms with E-state index in [0.717, 1.165) is 0 Å². The lowest BCUT2D eigenvalue weighted by molar-refractivity contribution is 0.0184. The Labute approximate surface area is 135 Å². The Morgan fingerprint density at radius 2 is 1.91 bits per heavy atom. The van der Waals surface area contributed by atoms with Crippen LogP contribution in [-0.4, -0.2) is 30.4 Å². The third kappa shape index (κ3) is 3.77. The van der Waals surface area contributed by atoms with Crippen LogP contribution in [0.5, 0.6) is 0 Å². The lowest BCUT2D eigenvalue weighted by atomic mass is 10.3. The molecule has 1 saturated carbocycles. The zero-order valence-corrected chi connectivity index (χ0v) is 14.6. The van der Waals surface area contributed by atoms with Crippen LogP contribution in [-0.2, 0) is 31.2 Å². The molecule has 22 heavy (non-hydrogen) atoms. The molecule has 1 aromatic rings. The molecular weight excluding hydrogens is 359 g/mol. The first-order valence-corrected chi connectivity index (χ1v) is 8.98. The quantitative estimate of drug-likeness (QED) is 0.444. The van der Waals surface area contributed by atoms with E-state index in [0.29, 0.717) is 48.5 Å². The summed E-state index contributed by atoms with van der Waals surface area (Å²) < 4.78 is 42.7. The summed E-state index contributed by atoms with van der Waals surface area (Å²) in [6, 6.07) is 0. The maximum absolute atomic E-state index is 12.6. The van der Waals surface area contributed by atoms with Gasteiger partial charge in [-0.05, 0) is 19.8 Å². The normalized spacial score (nSPS) is 16.9. The number of rotatable bonds is 10. The van der Waals surface area contributed by atoms with E-state index in [2.05, 4.69) is 13.5 Å². The molecule has 0 N–H and O–H groups in total. The van der Waals surface area contributed by atoms with Crippen molar-refractivity contribution in [2.75, 3.05) is 20.8 Å². The zero-order chi connectivity index (χ0) is 16.2. The first kappa shape index (κ1) is 18.0. The maximum atomic E-state index is 12.6. The standard InChI is InChI=1S/C9H15N2O8PS2/c1-4-16-9(5-6-9)7-10-11(8(12)17-7)20(13,18-21-14-2)19-22-15-3/h4-6H2,1-3H3. The Hall–Kier alpha value is -0.330. The smallest absolute Gasteiger partial charge is 0.389 e. The minimum atomic E-state index is -4.16. The topological polar surface area (TPSA) is 111 Å². The highest BCUT2D eigenvalue weighted by Crippen LogP contribution is 2.55. The van der Waals surface area contributed by atoms with Gasteiger partial charge in [0, 0.05) is 6.61 Å². The summed E-state index contributed by atoms with van der Waals surface area (Å²) in [5.74, 6) is -0.950. The molecule has 1 aromatic heterocycles. The number of nitrogens with zero attached hydrogens (tertiary/aromatic N) is 2. The SMILES string of the molecule is CCOC1(c2nn(P(=O)(OSOC)OSOC)c(=O)o2)CC1. The van der Waals surface area contributed by atoms with Crippen LogP contribution in [0.1, 0.15) is 25.7 Å². The minimum absolute atomic E-state index is 0.0385. The third-order valence-electron chi connectivity index (χ3n) is 2.66. The molecular formula is C9H15N2O8PS2. The van der Waals surface area contributed by atoms with E-state index in [9.17, 15) is 9.36 Å². The summed E-state index contributed by atoms with van der Waals surface area (Å²) in [5, 5.41) is 3.90. The molecule has 1 aliphatic carbocycles. The van der Waals surface area contributed by atoms with E-state index < -0.39 is 19.1 Å². The van der Waals surface area contributed by atoms with Crippen molar-refractivity contribution in [1.29, 1.82) is 0 Å². The molecule has 0 saturated heterocycles. The van der Waals surface area contributed by atoms with Gasteiger partial charge in [0.2, 0.25) is 0 Å². The Morgan fingerprint density at radius 3 is 2.36 bits per heavy atom. The summed E-state index contributed by atoms with van der Waals surface area (Å²) in [6.45, 7) is 2.25. The van der Waals surface area contributed by atoms with Gasteiger partial charge in [-0.25, -0.2) is 9.36 Å². The van der Waals surface area contributed by atoms with Crippen molar-refractivity contribution in [3.63, 3.8) is 0 Å². The van der Waals surface area contributed by atoms with Crippen molar-refractivity contribution in [2.45, 2.75) is 25.4 Å². The molecule has 2 rings (SSSR count). The van der Waals surface area contributed by atoms with Crippen molar-refractivity contribution in [1.82, 2.24) is 9.55 Å². The molecule has 1 fully saturated rings. The van der Waals surface area contributed by atoms with Crippen molar-refractivity contribution in [3.8, 4) is 0 Å². The molecule has 0 amide bonds. The first-order valence-electron chi connectivity index (χ1n) is 6.15. The van der Waals surface area contributed by atoms with Crippen LogP contribution in [0.3, 0.4) is 0 Å². The van der Waals surface area contributed by atoms with Gasteiger partial charge in [-0.3, -0.25) is 8.37 Å². The minimum Gasteiger partial charge on any atom is -0.389 e. The van der Waals surface area contributed by atoms with E-state index in [1.165, 1.54) is 14.2 Å². The first-order chi connectivity index (χ1) is 10.5. The van der Waals surface area contributed by atoms with E-state index >= 15 is 0 Å². The van der Waals surface area contributed by atoms with E-state index in [1.807, 2.05) is 6.92 Å². The average molecular weight is 374 g/mol. The highest BCUT2D eigenvalue weighted by molar-refractivity contribution is 7.97. The summed E-state index contributed by atoms with van der Waals surface area (Å²) in [7, 11) is -1.57. The lowest BCUT2D eigenvalue weighted by Gasteiger charge is -2.12. The summed E-state index contributed by atoms with van der Waals surface area (Å²) in [4.78, 5) is 11.9. The van der Waals surface area contributed by atoms with Gasteiger partial charge in [-0.15, -0.1) is 5.10 Å². The molecule has 1 heterocycles. The molecule has 1 aliphatic rings. The van der Waals surface area contributed by atoms with Crippen LogP contribution in [0.2, 0.25) is 0 Å². The monoisotopic (exact) mass is 374 g/mol. The van der Waals surface area contributed by atoms with Crippen molar-refractivity contribution in [2.24, 2.45) is 0 Å². The van der Waals surface area contributed by atoms with Crippen LogP contribution in [0.15, 0.2) is 9.21 Å². The van der Waals surface area contributed by atoms with Gasteiger partial charge in [0.25, 0.3) is 5.89 Å². The van der Waals surface area contributed by atoms with Crippen molar-refractivity contribution in [3.05, 3.63) is 16.4 Å². The fourth-order valence-electron chi connectivity index (χ4n) is 1.63. The van der Waals surface area contributed by atoms with Crippen LogP contribution < -0.4 is 5.76 Å². The van der Waals surface area contributed by atoms with Crippen molar-refractivity contribution < 1.29 is 30.0 Å². The third-order valence-corrected chi connectivity index (χ3v) is 5.65. The fourth-order valence-corrected chi connectivity index (χ4v) is 3.99. The predicted molar refractivity (Wildman–Crippen MR) is 77.7 cm³/mol.